The Morgan fingerprint density at radius 3 is 2.48 bits per heavy atom. The molecule has 0 aliphatic rings. The molecule has 4 rings (SSSR count). The summed E-state index contributed by atoms with van der Waals surface area (Å²) >= 11 is 0. The maximum absolute atomic E-state index is 13.7. The van der Waals surface area contributed by atoms with Crippen molar-refractivity contribution in [1.29, 1.82) is 0 Å². The van der Waals surface area contributed by atoms with Crippen LogP contribution in [0.3, 0.4) is 0 Å². The lowest BCUT2D eigenvalue weighted by atomic mass is 9.99. The number of aromatic nitrogens is 4. The molecule has 1 heterocycles. The lowest BCUT2D eigenvalue weighted by Crippen LogP contribution is -2.18. The number of benzene rings is 3. The third kappa shape index (κ3) is 4.20. The molecular formula is C22H17F3N4O2. The van der Waals surface area contributed by atoms with Gasteiger partial charge in [-0.15, -0.1) is 0 Å². The molecule has 4 aromatic rings. The van der Waals surface area contributed by atoms with Crippen LogP contribution in [-0.2, 0) is 12.8 Å². The van der Waals surface area contributed by atoms with Gasteiger partial charge in [0.25, 0.3) is 0 Å². The average molecular weight is 426 g/mol. The monoisotopic (exact) mass is 426 g/mol. The molecule has 1 N–H and O–H groups in total. The van der Waals surface area contributed by atoms with Gasteiger partial charge in [-0.3, -0.25) is 0 Å². The van der Waals surface area contributed by atoms with Gasteiger partial charge < -0.3 is 4.74 Å². The summed E-state index contributed by atoms with van der Waals surface area (Å²) in [5.41, 5.74) is 1.07. The Morgan fingerprint density at radius 1 is 1.03 bits per heavy atom. The van der Waals surface area contributed by atoms with Crippen LogP contribution in [0.5, 0.6) is 5.75 Å². The zero-order valence-corrected chi connectivity index (χ0v) is 16.3. The molecule has 0 aliphatic carbocycles. The van der Waals surface area contributed by atoms with Gasteiger partial charge in [-0.2, -0.15) is 17.9 Å². The number of alkyl halides is 3. The van der Waals surface area contributed by atoms with Crippen LogP contribution in [0.15, 0.2) is 71.5 Å². The summed E-state index contributed by atoms with van der Waals surface area (Å²) in [6, 6.07) is 17.5. The highest BCUT2D eigenvalue weighted by Crippen LogP contribution is 2.39. The molecule has 31 heavy (non-hydrogen) atoms. The third-order valence-corrected chi connectivity index (χ3v) is 4.85. The van der Waals surface area contributed by atoms with Crippen molar-refractivity contribution in [1.82, 2.24) is 20.2 Å². The first-order chi connectivity index (χ1) is 14.8. The fourth-order valence-corrected chi connectivity index (χ4v) is 3.30. The van der Waals surface area contributed by atoms with Crippen molar-refractivity contribution in [2.45, 2.75) is 19.7 Å². The van der Waals surface area contributed by atoms with Gasteiger partial charge in [0.05, 0.1) is 11.3 Å². The molecule has 0 bridgehead atoms. The molecule has 0 saturated heterocycles. The van der Waals surface area contributed by atoms with Crippen LogP contribution in [0.25, 0.3) is 16.8 Å². The molecule has 1 aromatic heterocycles. The number of aryl methyl sites for hydroxylation is 1. The van der Waals surface area contributed by atoms with Crippen molar-refractivity contribution in [2.24, 2.45) is 0 Å². The smallest absolute Gasteiger partial charge is 0.417 e. The zero-order chi connectivity index (χ0) is 22.0. The summed E-state index contributed by atoms with van der Waals surface area (Å²) in [4.78, 5) is 11.9. The molecule has 0 unspecified atom stereocenters. The number of hydrogen-bond donors (Lipinski definition) is 1. The van der Waals surface area contributed by atoms with Gasteiger partial charge >= 0.3 is 11.9 Å². The van der Waals surface area contributed by atoms with Gasteiger partial charge in [-0.25, -0.2) is 9.89 Å². The fraction of sp³-hybridized carbons (Fsp3) is 0.136. The van der Waals surface area contributed by atoms with E-state index in [1.54, 1.807) is 42.5 Å². The number of nitrogens with one attached hydrogen (secondary N) is 1. The lowest BCUT2D eigenvalue weighted by molar-refractivity contribution is -0.137. The molecule has 0 fully saturated rings. The second-order valence-corrected chi connectivity index (χ2v) is 6.85. The Bertz CT molecular complexity index is 1260. The minimum atomic E-state index is -4.55. The molecule has 3 aromatic carbocycles. The van der Waals surface area contributed by atoms with Crippen LogP contribution >= 0.6 is 0 Å². The number of ether oxygens (including phenoxy) is 1. The van der Waals surface area contributed by atoms with Gasteiger partial charge in [0.2, 0.25) is 0 Å². The van der Waals surface area contributed by atoms with Gasteiger partial charge in [-0.05, 0) is 52.2 Å². The normalized spacial score (nSPS) is 11.5. The maximum Gasteiger partial charge on any atom is 0.417 e. The van der Waals surface area contributed by atoms with E-state index in [1.807, 2.05) is 13.0 Å². The average Bonchev–Trinajstić information content (AvgIpc) is 3.18. The largest absolute Gasteiger partial charge is 0.489 e. The minimum absolute atomic E-state index is 0.0523. The van der Waals surface area contributed by atoms with Gasteiger partial charge in [0.1, 0.15) is 12.4 Å². The zero-order valence-electron chi connectivity index (χ0n) is 16.3. The molecule has 158 valence electrons. The molecule has 0 atom stereocenters. The molecular weight excluding hydrogens is 409 g/mol. The standard InChI is InChI=1S/C22H17F3N4O2/c1-14-6-5-9-20(29-21(30)26-27-28-29)18(14)13-31-16-10-11-17(15-7-3-2-4-8-15)19(12-16)22(23,24)25/h2-12H,13H2,1H3,(H,26,28,30). The number of tetrazole rings is 1. The van der Waals surface area contributed by atoms with Crippen molar-refractivity contribution in [3.63, 3.8) is 0 Å². The van der Waals surface area contributed by atoms with E-state index in [1.165, 1.54) is 12.1 Å². The second kappa shape index (κ2) is 8.10. The molecule has 0 aliphatic heterocycles. The highest BCUT2D eigenvalue weighted by atomic mass is 19.4. The van der Waals surface area contributed by atoms with Crippen LogP contribution in [0.2, 0.25) is 0 Å². The van der Waals surface area contributed by atoms with E-state index < -0.39 is 17.4 Å². The van der Waals surface area contributed by atoms with Crippen molar-refractivity contribution in [3.8, 4) is 22.6 Å². The highest BCUT2D eigenvalue weighted by Gasteiger charge is 2.34. The molecule has 9 heteroatoms. The number of halogens is 3. The summed E-state index contributed by atoms with van der Waals surface area (Å²) in [6.07, 6.45) is -4.55. The van der Waals surface area contributed by atoms with Crippen LogP contribution in [0.4, 0.5) is 13.2 Å². The number of hydrogen-bond acceptors (Lipinski definition) is 4. The van der Waals surface area contributed by atoms with E-state index in [2.05, 4.69) is 15.5 Å². The Labute approximate surface area is 174 Å². The van der Waals surface area contributed by atoms with Crippen molar-refractivity contribution in [3.05, 3.63) is 93.9 Å². The third-order valence-electron chi connectivity index (χ3n) is 4.85. The van der Waals surface area contributed by atoms with Crippen molar-refractivity contribution < 1.29 is 17.9 Å². The highest BCUT2D eigenvalue weighted by molar-refractivity contribution is 5.69. The van der Waals surface area contributed by atoms with E-state index in [0.717, 1.165) is 16.3 Å². The van der Waals surface area contributed by atoms with E-state index in [4.69, 9.17) is 4.74 Å². The fourth-order valence-electron chi connectivity index (χ4n) is 3.30. The SMILES string of the molecule is Cc1cccc(-n2nn[nH]c2=O)c1COc1ccc(-c2ccccc2)c(C(F)(F)F)c1. The first-order valence-electron chi connectivity index (χ1n) is 9.33. The van der Waals surface area contributed by atoms with Crippen LogP contribution in [0.1, 0.15) is 16.7 Å². The Hall–Kier alpha value is -3.88. The van der Waals surface area contributed by atoms with Crippen LogP contribution in [-0.4, -0.2) is 20.2 Å². The molecule has 0 spiro atoms. The maximum atomic E-state index is 13.7. The Morgan fingerprint density at radius 2 is 1.81 bits per heavy atom. The minimum Gasteiger partial charge on any atom is -0.489 e. The Kier molecular flexibility index (Phi) is 5.33. The molecule has 0 radical (unpaired) electrons. The lowest BCUT2D eigenvalue weighted by Gasteiger charge is -2.17. The van der Waals surface area contributed by atoms with Crippen molar-refractivity contribution >= 4 is 0 Å². The Balaban J connectivity index is 1.68. The molecule has 0 amide bonds. The first kappa shape index (κ1) is 20.4. The number of aromatic amines is 1. The summed E-state index contributed by atoms with van der Waals surface area (Å²) < 4.78 is 47.9. The summed E-state index contributed by atoms with van der Waals surface area (Å²) in [7, 11) is 0. The van der Waals surface area contributed by atoms with Crippen LogP contribution < -0.4 is 10.4 Å². The number of nitrogens with zero attached hydrogens (tertiary/aromatic N) is 3. The topological polar surface area (TPSA) is 72.8 Å². The number of rotatable bonds is 5. The van der Waals surface area contributed by atoms with Gasteiger partial charge in [-0.1, -0.05) is 48.5 Å². The first-order valence-corrected chi connectivity index (χ1v) is 9.33. The van der Waals surface area contributed by atoms with E-state index in [-0.39, 0.29) is 17.9 Å². The molecule has 0 saturated carbocycles. The second-order valence-electron chi connectivity index (χ2n) is 6.85. The van der Waals surface area contributed by atoms with Gasteiger partial charge in [0.15, 0.2) is 0 Å². The number of H-pyrrole nitrogens is 1. The summed E-state index contributed by atoms with van der Waals surface area (Å²) in [6.45, 7) is 1.76. The van der Waals surface area contributed by atoms with Crippen LogP contribution in [0, 0.1) is 6.92 Å². The van der Waals surface area contributed by atoms with Gasteiger partial charge in [0, 0.05) is 5.56 Å². The summed E-state index contributed by atoms with van der Waals surface area (Å²) in [5.74, 6) is 0.0636. The molecule has 6 nitrogen and oxygen atoms in total. The van der Waals surface area contributed by atoms with E-state index in [9.17, 15) is 18.0 Å². The van der Waals surface area contributed by atoms with Crippen molar-refractivity contribution in [2.75, 3.05) is 0 Å². The quantitative estimate of drug-likeness (QED) is 0.509. The van der Waals surface area contributed by atoms with E-state index in [0.29, 0.717) is 16.8 Å². The summed E-state index contributed by atoms with van der Waals surface area (Å²) in [5, 5.41) is 9.42. The van der Waals surface area contributed by atoms with E-state index >= 15 is 0 Å². The predicted octanol–water partition coefficient (Wildman–Crippen LogP) is 4.53. The predicted molar refractivity (Wildman–Crippen MR) is 108 cm³/mol.